The highest BCUT2D eigenvalue weighted by Crippen LogP contribution is 2.25. The van der Waals surface area contributed by atoms with Crippen LogP contribution in [0.3, 0.4) is 0 Å². The van der Waals surface area contributed by atoms with E-state index in [0.717, 1.165) is 61.6 Å². The summed E-state index contributed by atoms with van der Waals surface area (Å²) in [6.45, 7) is 11.3. The molecule has 2 heterocycles. The molecule has 0 atom stereocenters. The van der Waals surface area contributed by atoms with Gasteiger partial charge in [-0.25, -0.2) is 4.79 Å². The maximum Gasteiger partial charge on any atom is 0.410 e. The largest absolute Gasteiger partial charge is 0.494 e. The Morgan fingerprint density at radius 3 is 2.23 bits per heavy atom. The quantitative estimate of drug-likeness (QED) is 0.299. The summed E-state index contributed by atoms with van der Waals surface area (Å²) in [5, 5.41) is 10.3. The number of likely N-dealkylation sites (tertiary alicyclic amines) is 1. The molecule has 1 aliphatic rings. The maximum absolute atomic E-state index is 12.2. The van der Waals surface area contributed by atoms with Crippen LogP contribution >= 0.6 is 0 Å². The van der Waals surface area contributed by atoms with Crippen LogP contribution in [0.4, 0.5) is 16.2 Å². The molecule has 0 radical (unpaired) electrons. The van der Waals surface area contributed by atoms with Crippen LogP contribution in [0.5, 0.6) is 5.75 Å². The molecule has 0 saturated carbocycles. The van der Waals surface area contributed by atoms with Gasteiger partial charge in [0, 0.05) is 25.7 Å². The summed E-state index contributed by atoms with van der Waals surface area (Å²) < 4.78 is 11.5. The molecule has 0 aliphatic carbocycles. The van der Waals surface area contributed by atoms with E-state index in [4.69, 9.17) is 9.47 Å². The second-order valence-electron chi connectivity index (χ2n) is 11.3. The monoisotopic (exact) mass is 532 g/mol. The van der Waals surface area contributed by atoms with Crippen molar-refractivity contribution < 1.29 is 19.1 Å². The Kier molecular flexibility index (Phi) is 8.94. The van der Waals surface area contributed by atoms with E-state index in [-0.39, 0.29) is 11.9 Å². The van der Waals surface area contributed by atoms with E-state index in [0.29, 0.717) is 18.2 Å². The first kappa shape index (κ1) is 28.2. The van der Waals surface area contributed by atoms with Crippen LogP contribution in [0.25, 0.3) is 0 Å². The van der Waals surface area contributed by atoms with Gasteiger partial charge in [0.05, 0.1) is 18.0 Å². The van der Waals surface area contributed by atoms with Crippen LogP contribution in [-0.4, -0.2) is 52.3 Å². The van der Waals surface area contributed by atoms with Crippen LogP contribution in [0.1, 0.15) is 74.3 Å². The number of H-pyrrole nitrogens is 1. The van der Waals surface area contributed by atoms with Crippen LogP contribution in [0.15, 0.2) is 48.5 Å². The fourth-order valence-corrected chi connectivity index (χ4v) is 4.70. The normalized spacial score (nSPS) is 14.2. The van der Waals surface area contributed by atoms with E-state index in [1.165, 1.54) is 18.1 Å². The molecule has 8 nitrogen and oxygen atoms in total. The number of piperidine rings is 1. The number of hydrogen-bond acceptors (Lipinski definition) is 6. The molecule has 208 valence electrons. The summed E-state index contributed by atoms with van der Waals surface area (Å²) in [4.78, 5) is 25.9. The van der Waals surface area contributed by atoms with Crippen molar-refractivity contribution in [3.63, 3.8) is 0 Å². The topological polar surface area (TPSA) is 96.5 Å². The number of aryl methyl sites for hydroxylation is 1. The van der Waals surface area contributed by atoms with Gasteiger partial charge in [-0.3, -0.25) is 9.89 Å². The molecular weight excluding hydrogens is 492 g/mol. The average Bonchev–Trinajstić information content (AvgIpc) is 3.26. The smallest absolute Gasteiger partial charge is 0.410 e. The Labute approximate surface area is 231 Å². The van der Waals surface area contributed by atoms with Gasteiger partial charge >= 0.3 is 6.09 Å². The molecule has 2 N–H and O–H groups in total. The van der Waals surface area contributed by atoms with Crippen LogP contribution < -0.4 is 10.1 Å². The van der Waals surface area contributed by atoms with Crippen LogP contribution in [0, 0.1) is 12.8 Å². The van der Waals surface area contributed by atoms with Gasteiger partial charge in [-0.1, -0.05) is 24.3 Å². The first-order valence-electron chi connectivity index (χ1n) is 13.7. The lowest BCUT2D eigenvalue weighted by molar-refractivity contribution is 0.0177. The molecule has 1 saturated heterocycles. The molecule has 1 aliphatic heterocycles. The van der Waals surface area contributed by atoms with Gasteiger partial charge in [0.2, 0.25) is 0 Å². The highest BCUT2D eigenvalue weighted by molar-refractivity contribution is 5.98. The predicted octanol–water partition coefficient (Wildman–Crippen LogP) is 6.67. The number of benzene rings is 2. The van der Waals surface area contributed by atoms with Crippen molar-refractivity contribution in [1.29, 1.82) is 0 Å². The van der Waals surface area contributed by atoms with Gasteiger partial charge in [-0.05, 0) is 94.7 Å². The lowest BCUT2D eigenvalue weighted by Crippen LogP contribution is -2.41. The van der Waals surface area contributed by atoms with E-state index in [2.05, 4.69) is 39.8 Å². The molecule has 39 heavy (non-hydrogen) atoms. The summed E-state index contributed by atoms with van der Waals surface area (Å²) in [5.41, 5.74) is 4.83. The van der Waals surface area contributed by atoms with Crippen molar-refractivity contribution in [2.45, 2.75) is 65.9 Å². The van der Waals surface area contributed by atoms with Crippen molar-refractivity contribution in [3.05, 3.63) is 71.0 Å². The Morgan fingerprint density at radius 1 is 1.03 bits per heavy atom. The van der Waals surface area contributed by atoms with Gasteiger partial charge < -0.3 is 19.7 Å². The Balaban J connectivity index is 1.20. The molecular formula is C31H40N4O4. The van der Waals surface area contributed by atoms with Crippen molar-refractivity contribution in [2.24, 2.45) is 5.92 Å². The highest BCUT2D eigenvalue weighted by atomic mass is 16.6. The van der Waals surface area contributed by atoms with E-state index in [9.17, 15) is 9.59 Å². The Bertz CT molecular complexity index is 1250. The zero-order chi connectivity index (χ0) is 28.0. The number of rotatable bonds is 9. The maximum atomic E-state index is 12.2. The summed E-state index contributed by atoms with van der Waals surface area (Å²) in [6, 6.07) is 16.5. The van der Waals surface area contributed by atoms with Crippen LogP contribution in [0.2, 0.25) is 0 Å². The molecule has 4 rings (SSSR count). The molecule has 1 amide bonds. The predicted molar refractivity (Wildman–Crippen MR) is 153 cm³/mol. The number of aromatic amines is 1. The van der Waals surface area contributed by atoms with Gasteiger partial charge in [0.25, 0.3) is 0 Å². The lowest BCUT2D eigenvalue weighted by atomic mass is 9.94. The Hall–Kier alpha value is -3.81. The van der Waals surface area contributed by atoms with Crippen molar-refractivity contribution in [1.82, 2.24) is 15.1 Å². The van der Waals surface area contributed by atoms with E-state index in [1.807, 2.05) is 56.9 Å². The fraction of sp³-hybridized carbons (Fsp3) is 0.452. The van der Waals surface area contributed by atoms with Gasteiger partial charge in [0.15, 0.2) is 11.5 Å². The number of anilines is 2. The molecule has 1 fully saturated rings. The number of ether oxygens (including phenoxy) is 2. The zero-order valence-corrected chi connectivity index (χ0v) is 23.7. The summed E-state index contributed by atoms with van der Waals surface area (Å²) in [6.07, 6.45) is 3.55. The van der Waals surface area contributed by atoms with Gasteiger partial charge in [-0.15, -0.1) is 0 Å². The van der Waals surface area contributed by atoms with Crippen molar-refractivity contribution in [3.8, 4) is 5.75 Å². The minimum absolute atomic E-state index is 0.0773. The number of aromatic nitrogens is 2. The number of nitrogens with one attached hydrogen (secondary N) is 2. The number of Topliss-reactive ketones (excluding diaryl/α,β-unsaturated/α-hetero) is 1. The second-order valence-corrected chi connectivity index (χ2v) is 11.3. The fourth-order valence-electron chi connectivity index (χ4n) is 4.70. The number of carbonyl (C=O) groups excluding carboxylic acids is 2. The molecule has 0 spiro atoms. The Morgan fingerprint density at radius 2 is 1.64 bits per heavy atom. The van der Waals surface area contributed by atoms with Crippen molar-refractivity contribution in [2.75, 3.05) is 25.0 Å². The number of hydrogen-bond donors (Lipinski definition) is 2. The third kappa shape index (κ3) is 8.09. The lowest BCUT2D eigenvalue weighted by Gasteiger charge is -2.33. The average molecular weight is 533 g/mol. The number of ketones is 1. The third-order valence-electron chi connectivity index (χ3n) is 6.90. The summed E-state index contributed by atoms with van der Waals surface area (Å²) in [7, 11) is 0. The third-order valence-corrected chi connectivity index (χ3v) is 6.90. The SMILES string of the molecule is CC(=O)c1n[nH]c(C)c1Nc1ccc(Cc2ccc(OCCC3CCN(C(=O)OC(C)(C)C)CC3)cc2)cc1. The highest BCUT2D eigenvalue weighted by Gasteiger charge is 2.26. The molecule has 2 aromatic carbocycles. The molecule has 8 heteroatoms. The van der Waals surface area contributed by atoms with Gasteiger partial charge in [0.1, 0.15) is 11.4 Å². The molecule has 0 bridgehead atoms. The second kappa shape index (κ2) is 12.4. The number of carbonyl (C=O) groups is 2. The van der Waals surface area contributed by atoms with Crippen LogP contribution in [-0.2, 0) is 11.2 Å². The van der Waals surface area contributed by atoms with Gasteiger partial charge in [-0.2, -0.15) is 5.10 Å². The standard InChI is InChI=1S/C31H40N4O4/c1-21-28(29(22(2)36)34-33-21)32-26-10-6-24(7-11-26)20-25-8-12-27(13-9-25)38-19-16-23-14-17-35(18-15-23)30(37)39-31(3,4)5/h6-13,23,32H,14-20H2,1-5H3,(H,33,34). The molecule has 0 unspecified atom stereocenters. The summed E-state index contributed by atoms with van der Waals surface area (Å²) in [5.74, 6) is 1.36. The molecule has 1 aromatic heterocycles. The van der Waals surface area contributed by atoms with E-state index < -0.39 is 5.60 Å². The van der Waals surface area contributed by atoms with Crippen molar-refractivity contribution >= 4 is 23.3 Å². The minimum atomic E-state index is -0.456. The summed E-state index contributed by atoms with van der Waals surface area (Å²) >= 11 is 0. The first-order chi connectivity index (χ1) is 18.6. The van der Waals surface area contributed by atoms with E-state index >= 15 is 0 Å². The number of amides is 1. The first-order valence-corrected chi connectivity index (χ1v) is 13.7. The minimum Gasteiger partial charge on any atom is -0.494 e. The number of nitrogens with zero attached hydrogens (tertiary/aromatic N) is 2. The zero-order valence-electron chi connectivity index (χ0n) is 23.7. The molecule has 3 aromatic rings. The van der Waals surface area contributed by atoms with E-state index in [1.54, 1.807) is 0 Å².